The lowest BCUT2D eigenvalue weighted by molar-refractivity contribution is 0.183. The van der Waals surface area contributed by atoms with Gasteiger partial charge < -0.3 is 20.3 Å². The first-order valence-electron chi connectivity index (χ1n) is 2.89. The maximum absolute atomic E-state index is 10.7. The summed E-state index contributed by atoms with van der Waals surface area (Å²) in [5.74, 6) is 0. The highest BCUT2D eigenvalue weighted by Gasteiger charge is 2.16. The van der Waals surface area contributed by atoms with Gasteiger partial charge in [-0.2, -0.15) is 0 Å². The highest BCUT2D eigenvalue weighted by Crippen LogP contribution is 2.40. The van der Waals surface area contributed by atoms with Crippen molar-refractivity contribution in [1.29, 1.82) is 0 Å². The third-order valence-electron chi connectivity index (χ3n) is 0.796. The summed E-state index contributed by atoms with van der Waals surface area (Å²) in [6, 6.07) is 0. The van der Waals surface area contributed by atoms with E-state index < -0.39 is 7.60 Å². The molecule has 5 nitrogen and oxygen atoms in total. The Hall–Kier alpha value is 0.0700. The van der Waals surface area contributed by atoms with E-state index in [9.17, 15) is 4.57 Å². The summed E-state index contributed by atoms with van der Waals surface area (Å²) in [5, 5.41) is 8.21. The van der Waals surface area contributed by atoms with Gasteiger partial charge in [-0.05, 0) is 0 Å². The van der Waals surface area contributed by atoms with Crippen molar-refractivity contribution in [1.82, 2.24) is 0 Å². The minimum absolute atomic E-state index is 0.0625. The molecule has 10 heavy (non-hydrogen) atoms. The fourth-order valence-electron chi connectivity index (χ4n) is 0.411. The Morgan fingerprint density at radius 2 is 2.20 bits per heavy atom. The molecule has 0 spiro atoms. The average Bonchev–Trinajstić information content (AvgIpc) is 1.84. The molecular weight excluding hydrogens is 157 g/mol. The molecule has 0 aromatic carbocycles. The number of aliphatic hydroxyl groups is 1. The molecule has 62 valence electrons. The fourth-order valence-corrected chi connectivity index (χ4v) is 1.23. The van der Waals surface area contributed by atoms with Gasteiger partial charge in [0.1, 0.15) is 0 Å². The van der Waals surface area contributed by atoms with Crippen molar-refractivity contribution in [2.45, 2.75) is 0 Å². The maximum atomic E-state index is 10.7. The largest absolute Gasteiger partial charge is 0.394 e. The van der Waals surface area contributed by atoms with E-state index >= 15 is 0 Å². The van der Waals surface area contributed by atoms with Gasteiger partial charge >= 0.3 is 7.60 Å². The topological polar surface area (TPSA) is 92.8 Å². The van der Waals surface area contributed by atoms with E-state index in [4.69, 9.17) is 15.7 Å². The molecule has 0 aliphatic rings. The van der Waals surface area contributed by atoms with Crippen molar-refractivity contribution < 1.29 is 19.1 Å². The van der Waals surface area contributed by atoms with Gasteiger partial charge in [0.15, 0.2) is 0 Å². The van der Waals surface area contributed by atoms with E-state index in [2.05, 4.69) is 4.52 Å². The molecule has 4 N–H and O–H groups in total. The number of hydrogen-bond donors (Lipinski definition) is 3. The van der Waals surface area contributed by atoms with Crippen molar-refractivity contribution in [2.75, 3.05) is 25.9 Å². The third-order valence-corrected chi connectivity index (χ3v) is 2.21. The lowest BCUT2D eigenvalue weighted by Crippen LogP contribution is -2.08. The van der Waals surface area contributed by atoms with Gasteiger partial charge in [0.25, 0.3) is 0 Å². The number of nitrogens with two attached hydrogens (primary N) is 1. The lowest BCUT2D eigenvalue weighted by atomic mass is 10.8. The van der Waals surface area contributed by atoms with E-state index in [0.717, 1.165) is 0 Å². The monoisotopic (exact) mass is 169 g/mol. The van der Waals surface area contributed by atoms with Gasteiger partial charge in [-0.15, -0.1) is 0 Å². The molecule has 0 aliphatic carbocycles. The molecule has 0 bridgehead atoms. The third kappa shape index (κ3) is 4.90. The molecule has 0 saturated heterocycles. The Bertz CT molecular complexity index is 128. The first kappa shape index (κ1) is 10.1. The zero-order chi connectivity index (χ0) is 8.04. The summed E-state index contributed by atoms with van der Waals surface area (Å²) in [6.07, 6.45) is -0.0625. The molecule has 1 unspecified atom stereocenters. The highest BCUT2D eigenvalue weighted by molar-refractivity contribution is 7.52. The molecule has 6 heteroatoms. The standard InChI is InChI=1S/C4H12NO4P/c5-1-4-10(7,8)9-3-2-6/h6H,1-5H2,(H,7,8). The van der Waals surface area contributed by atoms with Gasteiger partial charge in [0.05, 0.1) is 19.4 Å². The quantitative estimate of drug-likeness (QED) is 0.465. The van der Waals surface area contributed by atoms with Crippen LogP contribution in [-0.2, 0) is 9.09 Å². The Labute approximate surface area is 59.3 Å². The predicted molar refractivity (Wildman–Crippen MR) is 36.8 cm³/mol. The van der Waals surface area contributed by atoms with Crippen LogP contribution in [-0.4, -0.2) is 35.9 Å². The summed E-state index contributed by atoms with van der Waals surface area (Å²) in [6.45, 7) is -0.262. The highest BCUT2D eigenvalue weighted by atomic mass is 31.2. The molecule has 0 fully saturated rings. The molecule has 0 amide bonds. The summed E-state index contributed by atoms with van der Waals surface area (Å²) < 4.78 is 15.1. The minimum Gasteiger partial charge on any atom is -0.394 e. The van der Waals surface area contributed by atoms with Gasteiger partial charge in [-0.3, -0.25) is 4.57 Å². The fraction of sp³-hybridized carbons (Fsp3) is 1.00. The number of rotatable bonds is 5. The first-order valence-corrected chi connectivity index (χ1v) is 4.66. The van der Waals surface area contributed by atoms with Gasteiger partial charge in [0.2, 0.25) is 0 Å². The Morgan fingerprint density at radius 1 is 1.60 bits per heavy atom. The molecule has 0 saturated carbocycles. The summed E-state index contributed by atoms with van der Waals surface area (Å²) in [7, 11) is -3.49. The molecule has 1 atom stereocenters. The molecule has 0 heterocycles. The van der Waals surface area contributed by atoms with Crippen LogP contribution in [0.15, 0.2) is 0 Å². The average molecular weight is 169 g/mol. The second kappa shape index (κ2) is 4.82. The Kier molecular flexibility index (Phi) is 4.85. The van der Waals surface area contributed by atoms with Crippen LogP contribution in [0.5, 0.6) is 0 Å². The van der Waals surface area contributed by atoms with E-state index in [1.807, 2.05) is 0 Å². The van der Waals surface area contributed by atoms with Crippen LogP contribution in [0.1, 0.15) is 0 Å². The van der Waals surface area contributed by atoms with Crippen molar-refractivity contribution in [3.8, 4) is 0 Å². The van der Waals surface area contributed by atoms with Crippen LogP contribution in [0.3, 0.4) is 0 Å². The lowest BCUT2D eigenvalue weighted by Gasteiger charge is -2.08. The van der Waals surface area contributed by atoms with Crippen LogP contribution in [0.2, 0.25) is 0 Å². The second-order valence-corrected chi connectivity index (χ2v) is 3.69. The van der Waals surface area contributed by atoms with Gasteiger partial charge in [-0.1, -0.05) is 0 Å². The number of aliphatic hydroxyl groups excluding tert-OH is 1. The molecule has 0 aromatic heterocycles. The van der Waals surface area contributed by atoms with E-state index in [1.54, 1.807) is 0 Å². The zero-order valence-electron chi connectivity index (χ0n) is 5.56. The van der Waals surface area contributed by atoms with Crippen LogP contribution >= 0.6 is 7.60 Å². The smallest absolute Gasteiger partial charge is 0.329 e. The van der Waals surface area contributed by atoms with E-state index in [0.29, 0.717) is 0 Å². The Morgan fingerprint density at radius 3 is 2.60 bits per heavy atom. The molecule has 0 aliphatic heterocycles. The Balaban J connectivity index is 3.53. The van der Waals surface area contributed by atoms with Crippen molar-refractivity contribution in [3.63, 3.8) is 0 Å². The SMILES string of the molecule is NCCP(=O)(O)OCCO. The molecular formula is C4H12NO4P. The minimum atomic E-state index is -3.49. The zero-order valence-corrected chi connectivity index (χ0v) is 6.46. The molecule has 0 rings (SSSR count). The van der Waals surface area contributed by atoms with E-state index in [-0.39, 0.29) is 25.9 Å². The summed E-state index contributed by atoms with van der Waals surface area (Å²) in [4.78, 5) is 8.79. The second-order valence-electron chi connectivity index (χ2n) is 1.71. The maximum Gasteiger partial charge on any atom is 0.329 e. The van der Waals surface area contributed by atoms with Crippen molar-refractivity contribution in [3.05, 3.63) is 0 Å². The van der Waals surface area contributed by atoms with Crippen LogP contribution in [0, 0.1) is 0 Å². The number of hydrogen-bond acceptors (Lipinski definition) is 4. The normalized spacial score (nSPS) is 16.7. The van der Waals surface area contributed by atoms with Gasteiger partial charge in [0, 0.05) is 6.54 Å². The summed E-state index contributed by atoms with van der Waals surface area (Å²) in [5.41, 5.74) is 5.01. The van der Waals surface area contributed by atoms with E-state index in [1.165, 1.54) is 0 Å². The first-order chi connectivity index (χ1) is 4.62. The van der Waals surface area contributed by atoms with Gasteiger partial charge in [-0.25, -0.2) is 0 Å². The molecule has 0 aromatic rings. The summed E-state index contributed by atoms with van der Waals surface area (Å²) >= 11 is 0. The van der Waals surface area contributed by atoms with Crippen LogP contribution in [0.4, 0.5) is 0 Å². The molecule has 0 radical (unpaired) electrons. The van der Waals surface area contributed by atoms with Crippen LogP contribution < -0.4 is 5.73 Å². The van der Waals surface area contributed by atoms with Crippen molar-refractivity contribution >= 4 is 7.60 Å². The van der Waals surface area contributed by atoms with Crippen LogP contribution in [0.25, 0.3) is 0 Å². The predicted octanol–water partition coefficient (Wildman–Crippen LogP) is -0.861. The van der Waals surface area contributed by atoms with Crippen molar-refractivity contribution in [2.24, 2.45) is 5.73 Å².